The summed E-state index contributed by atoms with van der Waals surface area (Å²) in [6.45, 7) is 3.98. The minimum absolute atomic E-state index is 0.151. The van der Waals surface area contributed by atoms with Gasteiger partial charge < -0.3 is 4.74 Å². The van der Waals surface area contributed by atoms with Gasteiger partial charge in [0, 0.05) is 16.7 Å². The summed E-state index contributed by atoms with van der Waals surface area (Å²) >= 11 is 0. The maximum Gasteiger partial charge on any atom is 0.321 e. The van der Waals surface area contributed by atoms with Crippen molar-refractivity contribution in [2.24, 2.45) is 5.92 Å². The van der Waals surface area contributed by atoms with Crippen LogP contribution in [0.3, 0.4) is 0 Å². The van der Waals surface area contributed by atoms with Crippen molar-refractivity contribution in [1.82, 2.24) is 0 Å². The van der Waals surface area contributed by atoms with Crippen molar-refractivity contribution in [3.05, 3.63) is 76.4 Å². The highest BCUT2D eigenvalue weighted by Gasteiger charge is 2.42. The second-order valence-corrected chi connectivity index (χ2v) is 6.87. The van der Waals surface area contributed by atoms with Gasteiger partial charge in [0.1, 0.15) is 5.92 Å². The lowest BCUT2D eigenvalue weighted by Gasteiger charge is -2.24. The molecular formula is C24H24O4. The van der Waals surface area contributed by atoms with E-state index < -0.39 is 11.9 Å². The quantitative estimate of drug-likeness (QED) is 0.417. The van der Waals surface area contributed by atoms with Crippen molar-refractivity contribution >= 4 is 23.6 Å². The zero-order valence-electron chi connectivity index (χ0n) is 16.2. The SMILES string of the molecule is CCCCc1ccc(/C=C2/C(=O)c3ccccc3C(=O)[C@H]2C(=O)OCC)cc1. The number of unbranched alkanes of at least 4 members (excludes halogenated alkanes) is 1. The highest BCUT2D eigenvalue weighted by atomic mass is 16.5. The predicted molar refractivity (Wildman–Crippen MR) is 108 cm³/mol. The number of fused-ring (bicyclic) bond motifs is 1. The number of esters is 1. The molecule has 0 aromatic heterocycles. The van der Waals surface area contributed by atoms with Gasteiger partial charge in [-0.15, -0.1) is 0 Å². The molecule has 1 aliphatic rings. The fourth-order valence-corrected chi connectivity index (χ4v) is 3.43. The Morgan fingerprint density at radius 2 is 1.68 bits per heavy atom. The van der Waals surface area contributed by atoms with Crippen molar-refractivity contribution in [3.63, 3.8) is 0 Å². The van der Waals surface area contributed by atoms with Crippen molar-refractivity contribution in [2.45, 2.75) is 33.1 Å². The number of hydrogen-bond acceptors (Lipinski definition) is 4. The predicted octanol–water partition coefficient (Wildman–Crippen LogP) is 4.67. The molecule has 0 radical (unpaired) electrons. The first-order valence-corrected chi connectivity index (χ1v) is 9.72. The van der Waals surface area contributed by atoms with Crippen LogP contribution in [0.1, 0.15) is 58.5 Å². The summed E-state index contributed by atoms with van der Waals surface area (Å²) in [6.07, 6.45) is 4.89. The van der Waals surface area contributed by atoms with Crippen LogP contribution < -0.4 is 0 Å². The maximum atomic E-state index is 13.1. The first-order chi connectivity index (χ1) is 13.6. The Morgan fingerprint density at radius 3 is 2.32 bits per heavy atom. The first-order valence-electron chi connectivity index (χ1n) is 9.72. The molecule has 0 N–H and O–H groups in total. The summed E-state index contributed by atoms with van der Waals surface area (Å²) in [5.41, 5.74) is 2.78. The molecule has 2 aromatic rings. The van der Waals surface area contributed by atoms with Crippen molar-refractivity contribution in [3.8, 4) is 0 Å². The Morgan fingerprint density at radius 1 is 1.00 bits per heavy atom. The number of hydrogen-bond donors (Lipinski definition) is 0. The van der Waals surface area contributed by atoms with E-state index in [4.69, 9.17) is 4.74 Å². The summed E-state index contributed by atoms with van der Waals surface area (Å²) in [4.78, 5) is 38.5. The molecule has 0 bridgehead atoms. The minimum Gasteiger partial charge on any atom is -0.465 e. The van der Waals surface area contributed by atoms with Crippen LogP contribution >= 0.6 is 0 Å². The third kappa shape index (κ3) is 3.96. The molecule has 0 unspecified atom stereocenters. The monoisotopic (exact) mass is 376 g/mol. The molecule has 4 heteroatoms. The second-order valence-electron chi connectivity index (χ2n) is 6.87. The molecule has 0 saturated heterocycles. The summed E-state index contributed by atoms with van der Waals surface area (Å²) < 4.78 is 5.09. The van der Waals surface area contributed by atoms with Crippen LogP contribution in [0.15, 0.2) is 54.1 Å². The molecule has 28 heavy (non-hydrogen) atoms. The van der Waals surface area contributed by atoms with Gasteiger partial charge >= 0.3 is 5.97 Å². The Labute approximate surface area is 165 Å². The molecule has 0 saturated carbocycles. The number of Topliss-reactive ketones (excluding diaryl/α,β-unsaturated/α-hetero) is 2. The lowest BCUT2D eigenvalue weighted by atomic mass is 9.77. The van der Waals surface area contributed by atoms with E-state index in [0.717, 1.165) is 24.8 Å². The van der Waals surface area contributed by atoms with Gasteiger partial charge in [0.05, 0.1) is 6.61 Å². The van der Waals surface area contributed by atoms with Gasteiger partial charge in [-0.1, -0.05) is 61.9 Å². The topological polar surface area (TPSA) is 60.4 Å². The molecule has 3 rings (SSSR count). The van der Waals surface area contributed by atoms with Crippen LogP contribution in [0.2, 0.25) is 0 Å². The molecule has 0 amide bonds. The average Bonchev–Trinajstić information content (AvgIpc) is 2.71. The minimum atomic E-state index is -1.22. The highest BCUT2D eigenvalue weighted by Crippen LogP contribution is 2.32. The van der Waals surface area contributed by atoms with Gasteiger partial charge in [0.15, 0.2) is 11.6 Å². The van der Waals surface area contributed by atoms with Crippen LogP contribution in [0, 0.1) is 5.92 Å². The Hall–Kier alpha value is -3.01. The van der Waals surface area contributed by atoms with E-state index in [9.17, 15) is 14.4 Å². The normalized spacial score (nSPS) is 17.5. The Bertz CT molecular complexity index is 922. The maximum absolute atomic E-state index is 13.1. The molecule has 1 aliphatic carbocycles. The largest absolute Gasteiger partial charge is 0.465 e. The number of carbonyl (C=O) groups is 3. The number of carbonyl (C=O) groups excluding carboxylic acids is 3. The molecular weight excluding hydrogens is 352 g/mol. The molecule has 4 nitrogen and oxygen atoms in total. The summed E-state index contributed by atoms with van der Waals surface area (Å²) in [5, 5.41) is 0. The highest BCUT2D eigenvalue weighted by molar-refractivity contribution is 6.29. The van der Waals surface area contributed by atoms with E-state index in [-0.39, 0.29) is 29.3 Å². The molecule has 1 atom stereocenters. The molecule has 0 spiro atoms. The number of aryl methyl sites for hydroxylation is 1. The Kier molecular flexibility index (Phi) is 6.19. The van der Waals surface area contributed by atoms with Gasteiger partial charge in [-0.25, -0.2) is 0 Å². The van der Waals surface area contributed by atoms with E-state index >= 15 is 0 Å². The summed E-state index contributed by atoms with van der Waals surface area (Å²) in [5.74, 6) is -2.59. The molecule has 144 valence electrons. The van der Waals surface area contributed by atoms with Crippen LogP contribution in [0.25, 0.3) is 6.08 Å². The van der Waals surface area contributed by atoms with E-state index in [1.807, 2.05) is 24.3 Å². The smallest absolute Gasteiger partial charge is 0.321 e. The van der Waals surface area contributed by atoms with Crippen molar-refractivity contribution in [1.29, 1.82) is 0 Å². The third-order valence-electron chi connectivity index (χ3n) is 4.92. The van der Waals surface area contributed by atoms with Crippen LogP contribution in [0.5, 0.6) is 0 Å². The fourth-order valence-electron chi connectivity index (χ4n) is 3.43. The van der Waals surface area contributed by atoms with Crippen LogP contribution in [-0.4, -0.2) is 24.1 Å². The number of rotatable bonds is 6. The first kappa shape index (κ1) is 19.7. The summed E-state index contributed by atoms with van der Waals surface area (Å²) in [6, 6.07) is 14.5. The zero-order chi connectivity index (χ0) is 20.1. The number of ketones is 2. The van der Waals surface area contributed by atoms with Crippen molar-refractivity contribution < 1.29 is 19.1 Å². The van der Waals surface area contributed by atoms with Gasteiger partial charge in [0.25, 0.3) is 0 Å². The second kappa shape index (κ2) is 8.79. The fraction of sp³-hybridized carbons (Fsp3) is 0.292. The molecule has 0 aliphatic heterocycles. The number of benzene rings is 2. The molecule has 2 aromatic carbocycles. The van der Waals surface area contributed by atoms with Gasteiger partial charge in [-0.05, 0) is 37.0 Å². The van der Waals surface area contributed by atoms with Gasteiger partial charge in [-0.2, -0.15) is 0 Å². The zero-order valence-corrected chi connectivity index (χ0v) is 16.2. The van der Waals surface area contributed by atoms with Gasteiger partial charge in [0.2, 0.25) is 0 Å². The third-order valence-corrected chi connectivity index (χ3v) is 4.92. The van der Waals surface area contributed by atoms with Crippen LogP contribution in [-0.2, 0) is 16.0 Å². The van der Waals surface area contributed by atoms with E-state index in [0.29, 0.717) is 5.56 Å². The Balaban J connectivity index is 2.02. The molecule has 0 heterocycles. The van der Waals surface area contributed by atoms with E-state index in [1.54, 1.807) is 37.3 Å². The van der Waals surface area contributed by atoms with Crippen LogP contribution in [0.4, 0.5) is 0 Å². The van der Waals surface area contributed by atoms with Gasteiger partial charge in [-0.3, -0.25) is 14.4 Å². The van der Waals surface area contributed by atoms with Crippen molar-refractivity contribution in [2.75, 3.05) is 6.61 Å². The summed E-state index contributed by atoms with van der Waals surface area (Å²) in [7, 11) is 0. The lowest BCUT2D eigenvalue weighted by molar-refractivity contribution is -0.144. The lowest BCUT2D eigenvalue weighted by Crippen LogP contribution is -2.36. The standard InChI is InChI=1S/C24H24O4/c1-3-5-8-16-11-13-17(14-12-16)15-20-21(24(27)28-4-2)23(26)19-10-7-6-9-18(19)22(20)25/h6-7,9-15,21H,3-5,8H2,1-2H3/b20-15+/t21-/m0/s1. The molecule has 0 fully saturated rings. The number of ether oxygens (including phenoxy) is 1. The average molecular weight is 376 g/mol. The van der Waals surface area contributed by atoms with E-state index in [1.165, 1.54) is 5.56 Å². The van der Waals surface area contributed by atoms with E-state index in [2.05, 4.69) is 6.92 Å².